The molecule has 2 heterocycles. The number of benzene rings is 2. The topological polar surface area (TPSA) is 67.9 Å². The summed E-state index contributed by atoms with van der Waals surface area (Å²) in [6.07, 6.45) is 0.574. The van der Waals surface area contributed by atoms with Crippen molar-refractivity contribution < 1.29 is 4.74 Å². The van der Waals surface area contributed by atoms with Gasteiger partial charge in [-0.05, 0) is 42.8 Å². The third kappa shape index (κ3) is 2.65. The molecule has 120 valence electrons. The molecule has 0 fully saturated rings. The van der Waals surface area contributed by atoms with Crippen LogP contribution in [0.1, 0.15) is 16.4 Å². The minimum atomic E-state index is -0.149. The largest absolute Gasteiger partial charge is 0.497 e. The first-order valence-electron chi connectivity index (χ1n) is 7.55. The summed E-state index contributed by atoms with van der Waals surface area (Å²) in [5, 5.41) is 1.58. The van der Waals surface area contributed by atoms with Crippen LogP contribution in [0.25, 0.3) is 21.1 Å². The van der Waals surface area contributed by atoms with E-state index in [1.54, 1.807) is 24.5 Å². The minimum Gasteiger partial charge on any atom is -0.497 e. The predicted octanol–water partition coefficient (Wildman–Crippen LogP) is 3.44. The van der Waals surface area contributed by atoms with Crippen molar-refractivity contribution in [2.45, 2.75) is 13.3 Å². The first-order valence-corrected chi connectivity index (χ1v) is 8.37. The lowest BCUT2D eigenvalue weighted by Crippen LogP contribution is -2.12. The highest BCUT2D eigenvalue weighted by molar-refractivity contribution is 7.18. The fraction of sp³-hybridized carbons (Fsp3) is 0.167. The third-order valence-corrected chi connectivity index (χ3v) is 4.83. The molecule has 0 aliphatic rings. The normalized spacial score (nSPS) is 11.2. The lowest BCUT2D eigenvalue weighted by atomic mass is 10.1. The number of methoxy groups -OCH3 is 1. The minimum absolute atomic E-state index is 0.149. The van der Waals surface area contributed by atoms with Gasteiger partial charge in [0.15, 0.2) is 0 Å². The molecule has 0 radical (unpaired) electrons. The standard InChI is InChI=1S/C18H15N3O2S/c1-10-19-15-5-3-11(7-16(15)24-10)8-17-20-14-6-4-12(23-2)9-13(14)18(22)21-17/h3-7,9H,8H2,1-2H3,(H,20,21,22). The van der Waals surface area contributed by atoms with Crippen LogP contribution in [0.3, 0.4) is 0 Å². The molecular weight excluding hydrogens is 322 g/mol. The summed E-state index contributed by atoms with van der Waals surface area (Å²) in [5.41, 5.74) is 2.63. The summed E-state index contributed by atoms with van der Waals surface area (Å²) in [7, 11) is 1.58. The van der Waals surface area contributed by atoms with Crippen LogP contribution in [0.2, 0.25) is 0 Å². The van der Waals surface area contributed by atoms with Gasteiger partial charge in [-0.25, -0.2) is 9.97 Å². The number of aryl methyl sites for hydroxylation is 1. The Labute approximate surface area is 142 Å². The molecule has 5 nitrogen and oxygen atoms in total. The van der Waals surface area contributed by atoms with E-state index in [1.165, 1.54) is 0 Å². The molecule has 0 amide bonds. The van der Waals surface area contributed by atoms with Crippen molar-refractivity contribution >= 4 is 32.5 Å². The number of fused-ring (bicyclic) bond motifs is 2. The van der Waals surface area contributed by atoms with E-state index in [0.29, 0.717) is 28.9 Å². The molecular formula is C18H15N3O2S. The van der Waals surface area contributed by atoms with E-state index >= 15 is 0 Å². The van der Waals surface area contributed by atoms with Crippen LogP contribution < -0.4 is 10.3 Å². The maximum atomic E-state index is 12.3. The van der Waals surface area contributed by atoms with Gasteiger partial charge < -0.3 is 9.72 Å². The number of rotatable bonds is 3. The van der Waals surface area contributed by atoms with Crippen molar-refractivity contribution in [1.29, 1.82) is 0 Å². The maximum Gasteiger partial charge on any atom is 0.258 e. The van der Waals surface area contributed by atoms with Crippen LogP contribution in [0.4, 0.5) is 0 Å². The van der Waals surface area contributed by atoms with Crippen LogP contribution >= 0.6 is 11.3 Å². The Bertz CT molecular complexity index is 1110. The van der Waals surface area contributed by atoms with Gasteiger partial charge in [0.25, 0.3) is 5.56 Å². The molecule has 0 aliphatic heterocycles. The highest BCUT2D eigenvalue weighted by Crippen LogP contribution is 2.23. The molecule has 2 aromatic carbocycles. The molecule has 24 heavy (non-hydrogen) atoms. The lowest BCUT2D eigenvalue weighted by molar-refractivity contribution is 0.415. The van der Waals surface area contributed by atoms with Gasteiger partial charge >= 0.3 is 0 Å². The van der Waals surface area contributed by atoms with Gasteiger partial charge in [-0.2, -0.15) is 0 Å². The Balaban J connectivity index is 1.74. The number of hydrogen-bond acceptors (Lipinski definition) is 5. The van der Waals surface area contributed by atoms with Gasteiger partial charge in [-0.15, -0.1) is 11.3 Å². The molecule has 4 rings (SSSR count). The van der Waals surface area contributed by atoms with Crippen LogP contribution in [0.15, 0.2) is 41.2 Å². The summed E-state index contributed by atoms with van der Waals surface area (Å²) in [4.78, 5) is 24.2. The second-order valence-electron chi connectivity index (χ2n) is 5.61. The van der Waals surface area contributed by atoms with Gasteiger partial charge in [-0.1, -0.05) is 6.07 Å². The zero-order valence-corrected chi connectivity index (χ0v) is 14.1. The number of thiazole rings is 1. The monoisotopic (exact) mass is 337 g/mol. The van der Waals surface area contributed by atoms with Crippen molar-refractivity contribution in [2.75, 3.05) is 7.11 Å². The van der Waals surface area contributed by atoms with Gasteiger partial charge in [0.1, 0.15) is 11.6 Å². The number of hydrogen-bond donors (Lipinski definition) is 1. The van der Waals surface area contributed by atoms with Crippen molar-refractivity contribution in [3.05, 3.63) is 63.1 Å². The van der Waals surface area contributed by atoms with E-state index in [2.05, 4.69) is 21.0 Å². The van der Waals surface area contributed by atoms with Crippen LogP contribution in [0.5, 0.6) is 5.75 Å². The quantitative estimate of drug-likeness (QED) is 0.622. The maximum absolute atomic E-state index is 12.3. The van der Waals surface area contributed by atoms with Crippen molar-refractivity contribution in [2.24, 2.45) is 0 Å². The first kappa shape index (κ1) is 14.8. The van der Waals surface area contributed by atoms with E-state index in [4.69, 9.17) is 4.74 Å². The highest BCUT2D eigenvalue weighted by Gasteiger charge is 2.08. The number of nitrogens with one attached hydrogen (secondary N) is 1. The average Bonchev–Trinajstić information content (AvgIpc) is 2.94. The van der Waals surface area contributed by atoms with E-state index in [1.807, 2.05) is 31.2 Å². The molecule has 2 aromatic heterocycles. The SMILES string of the molecule is COc1ccc2nc(Cc3ccc4nc(C)sc4c3)[nH]c(=O)c2c1. The molecule has 0 aliphatic carbocycles. The first-order chi connectivity index (χ1) is 11.6. The molecule has 1 N–H and O–H groups in total. The summed E-state index contributed by atoms with van der Waals surface area (Å²) in [6.45, 7) is 2.00. The average molecular weight is 337 g/mol. The second-order valence-corrected chi connectivity index (χ2v) is 6.84. The predicted molar refractivity (Wildman–Crippen MR) is 96.1 cm³/mol. The van der Waals surface area contributed by atoms with Crippen LogP contribution in [0, 0.1) is 6.92 Å². The molecule has 0 spiro atoms. The van der Waals surface area contributed by atoms with E-state index in [0.717, 1.165) is 20.8 Å². The summed E-state index contributed by atoms with van der Waals surface area (Å²) >= 11 is 1.67. The fourth-order valence-electron chi connectivity index (χ4n) is 2.76. The van der Waals surface area contributed by atoms with Crippen LogP contribution in [-0.4, -0.2) is 22.1 Å². The highest BCUT2D eigenvalue weighted by atomic mass is 32.1. The number of aromatic nitrogens is 3. The Hall–Kier alpha value is -2.73. The van der Waals surface area contributed by atoms with E-state index in [9.17, 15) is 4.79 Å². The lowest BCUT2D eigenvalue weighted by Gasteiger charge is -2.05. The van der Waals surface area contributed by atoms with Crippen molar-refractivity contribution in [1.82, 2.24) is 15.0 Å². The zero-order valence-electron chi connectivity index (χ0n) is 13.3. The molecule has 0 saturated heterocycles. The van der Waals surface area contributed by atoms with E-state index < -0.39 is 0 Å². The van der Waals surface area contributed by atoms with Gasteiger partial charge in [0.2, 0.25) is 0 Å². The van der Waals surface area contributed by atoms with Crippen LogP contribution in [-0.2, 0) is 6.42 Å². The molecule has 0 atom stereocenters. The fourth-order valence-corrected chi connectivity index (χ4v) is 3.66. The molecule has 0 saturated carbocycles. The number of ether oxygens (including phenoxy) is 1. The number of nitrogens with zero attached hydrogens (tertiary/aromatic N) is 2. The Morgan fingerprint density at radius 2 is 1.96 bits per heavy atom. The van der Waals surface area contributed by atoms with Gasteiger partial charge in [-0.3, -0.25) is 4.79 Å². The van der Waals surface area contributed by atoms with Crippen molar-refractivity contribution in [3.63, 3.8) is 0 Å². The Morgan fingerprint density at radius 3 is 2.79 bits per heavy atom. The molecule has 4 aromatic rings. The Morgan fingerprint density at radius 1 is 1.12 bits per heavy atom. The summed E-state index contributed by atoms with van der Waals surface area (Å²) in [6, 6.07) is 11.5. The number of aromatic amines is 1. The number of H-pyrrole nitrogens is 1. The van der Waals surface area contributed by atoms with Crippen molar-refractivity contribution in [3.8, 4) is 5.75 Å². The van der Waals surface area contributed by atoms with Gasteiger partial charge in [0, 0.05) is 6.42 Å². The second kappa shape index (κ2) is 5.72. The summed E-state index contributed by atoms with van der Waals surface area (Å²) in [5.74, 6) is 1.30. The summed E-state index contributed by atoms with van der Waals surface area (Å²) < 4.78 is 6.31. The third-order valence-electron chi connectivity index (χ3n) is 3.89. The Kier molecular flexibility index (Phi) is 3.54. The molecule has 0 bridgehead atoms. The molecule has 0 unspecified atom stereocenters. The van der Waals surface area contributed by atoms with E-state index in [-0.39, 0.29) is 5.56 Å². The zero-order chi connectivity index (χ0) is 16.7. The smallest absolute Gasteiger partial charge is 0.258 e. The molecule has 6 heteroatoms. The van der Waals surface area contributed by atoms with Gasteiger partial charge in [0.05, 0.1) is 33.2 Å².